The lowest BCUT2D eigenvalue weighted by Crippen LogP contribution is -2.13. The highest BCUT2D eigenvalue weighted by Crippen LogP contribution is 2.40. The molecule has 30 heavy (non-hydrogen) atoms. The minimum Gasteiger partial charge on any atom is -0.508 e. The minimum atomic E-state index is 0.280. The molecule has 1 N–H and O–H groups in total. The second-order valence-electron chi connectivity index (χ2n) is 7.81. The Labute approximate surface area is 182 Å². The topological polar surface area (TPSA) is 32.7 Å². The quantitative estimate of drug-likeness (QED) is 0.515. The lowest BCUT2D eigenvalue weighted by atomic mass is 9.84. The lowest BCUT2D eigenvalue weighted by molar-refractivity contribution is 0.293. The van der Waals surface area contributed by atoms with Gasteiger partial charge in [-0.1, -0.05) is 36.8 Å². The van der Waals surface area contributed by atoms with Crippen LogP contribution in [0.1, 0.15) is 37.3 Å². The number of allylic oxidation sites excluding steroid dienone is 1. The van der Waals surface area contributed by atoms with Crippen LogP contribution in [0.4, 0.5) is 0 Å². The largest absolute Gasteiger partial charge is 0.508 e. The van der Waals surface area contributed by atoms with Gasteiger partial charge in [0.25, 0.3) is 0 Å². The van der Waals surface area contributed by atoms with E-state index in [2.05, 4.69) is 75.9 Å². The first-order valence-corrected chi connectivity index (χ1v) is 10.7. The normalized spacial score (nSPS) is 15.5. The Morgan fingerprint density at radius 1 is 0.867 bits per heavy atom. The van der Waals surface area contributed by atoms with E-state index in [1.54, 1.807) is 12.1 Å². The van der Waals surface area contributed by atoms with Crippen LogP contribution < -0.4 is 4.74 Å². The number of unbranched alkanes of at least 4 members (excludes halogenated alkanes) is 1. The predicted octanol–water partition coefficient (Wildman–Crippen LogP) is 5.73. The highest BCUT2D eigenvalue weighted by atomic mass is 16.5. The van der Waals surface area contributed by atoms with Crippen LogP contribution in [0.5, 0.6) is 11.5 Å². The Hall–Kier alpha value is -2.26. The molecular formula is C27H32NO2. The molecule has 1 saturated carbocycles. The van der Waals surface area contributed by atoms with Crippen LogP contribution in [0.3, 0.4) is 0 Å². The number of phenols is 1. The maximum Gasteiger partial charge on any atom is 0.119 e. The number of phenolic OH excluding ortho intramolecular Hbond substituents is 1. The molecule has 3 rings (SSSR count). The summed E-state index contributed by atoms with van der Waals surface area (Å²) >= 11 is 0. The SMILES string of the molecule is CC/C([C]1[CH][CH][CH][CH]1)=C(/c1ccc(O)cc1)c1ccc(OCCCCN(C)C)cc1. The number of aromatic hydroxyl groups is 1. The number of nitrogens with zero attached hydrogens (tertiary/aromatic N) is 1. The molecule has 0 aromatic heterocycles. The van der Waals surface area contributed by atoms with Crippen LogP contribution >= 0.6 is 0 Å². The number of hydrogen-bond acceptors (Lipinski definition) is 3. The number of ether oxygens (including phenoxy) is 1. The molecule has 0 atom stereocenters. The zero-order valence-corrected chi connectivity index (χ0v) is 18.3. The van der Waals surface area contributed by atoms with Crippen LogP contribution in [-0.2, 0) is 0 Å². The molecule has 0 aliphatic heterocycles. The molecule has 0 amide bonds. The fourth-order valence-corrected chi connectivity index (χ4v) is 3.68. The number of benzene rings is 2. The summed E-state index contributed by atoms with van der Waals surface area (Å²) in [6.45, 7) is 4.01. The summed E-state index contributed by atoms with van der Waals surface area (Å²) < 4.78 is 5.94. The Bertz CT molecular complexity index is 800. The molecule has 5 radical (unpaired) electrons. The van der Waals surface area contributed by atoms with Gasteiger partial charge in [0, 0.05) is 5.92 Å². The molecule has 2 aromatic carbocycles. The Morgan fingerprint density at radius 3 is 2.03 bits per heavy atom. The maximum absolute atomic E-state index is 9.74. The molecule has 2 aromatic rings. The van der Waals surface area contributed by atoms with Crippen LogP contribution in [0.2, 0.25) is 0 Å². The first kappa shape index (κ1) is 22.4. The van der Waals surface area contributed by atoms with E-state index >= 15 is 0 Å². The van der Waals surface area contributed by atoms with Crippen molar-refractivity contribution in [2.45, 2.75) is 26.2 Å². The fraction of sp³-hybridized carbons (Fsp3) is 0.296. The summed E-state index contributed by atoms with van der Waals surface area (Å²) in [5.74, 6) is 2.42. The van der Waals surface area contributed by atoms with Crippen molar-refractivity contribution in [3.05, 3.63) is 96.8 Å². The van der Waals surface area contributed by atoms with Gasteiger partial charge in [0.2, 0.25) is 0 Å². The van der Waals surface area contributed by atoms with Crippen molar-refractivity contribution in [1.82, 2.24) is 4.90 Å². The Balaban J connectivity index is 1.80. The van der Waals surface area contributed by atoms with Gasteiger partial charge in [-0.15, -0.1) is 0 Å². The lowest BCUT2D eigenvalue weighted by Gasteiger charge is -2.20. The van der Waals surface area contributed by atoms with Crippen molar-refractivity contribution in [2.24, 2.45) is 0 Å². The van der Waals surface area contributed by atoms with Crippen molar-refractivity contribution in [3.8, 4) is 11.5 Å². The third-order valence-electron chi connectivity index (χ3n) is 5.23. The summed E-state index contributed by atoms with van der Waals surface area (Å²) in [5, 5.41) is 9.74. The molecule has 0 bridgehead atoms. The second kappa shape index (κ2) is 11.2. The van der Waals surface area contributed by atoms with E-state index in [1.807, 2.05) is 12.1 Å². The number of rotatable bonds is 10. The van der Waals surface area contributed by atoms with Gasteiger partial charge in [-0.3, -0.25) is 0 Å². The smallest absolute Gasteiger partial charge is 0.119 e. The molecule has 0 spiro atoms. The van der Waals surface area contributed by atoms with Crippen LogP contribution in [-0.4, -0.2) is 37.3 Å². The standard InChI is InChI=1S/C27H32NO2/c1-4-26(21-9-5-6-10-21)27(22-11-15-24(29)16-12-22)23-13-17-25(18-14-23)30-20-8-7-19-28(2)3/h5-6,9-18,29H,4,7-8,19-20H2,1-3H3/b27-26+. The predicted molar refractivity (Wildman–Crippen MR) is 125 cm³/mol. The van der Waals surface area contributed by atoms with E-state index in [0.717, 1.165) is 49.3 Å². The van der Waals surface area contributed by atoms with Crippen molar-refractivity contribution in [2.75, 3.05) is 27.2 Å². The molecule has 0 heterocycles. The molecular weight excluding hydrogens is 370 g/mol. The zero-order chi connectivity index (χ0) is 21.3. The summed E-state index contributed by atoms with van der Waals surface area (Å²) in [4.78, 5) is 2.20. The average Bonchev–Trinajstić information content (AvgIpc) is 3.27. The van der Waals surface area contributed by atoms with Crippen LogP contribution in [0, 0.1) is 31.6 Å². The van der Waals surface area contributed by atoms with Gasteiger partial charge in [-0.2, -0.15) is 0 Å². The first-order chi connectivity index (χ1) is 14.6. The van der Waals surface area contributed by atoms with Crippen molar-refractivity contribution < 1.29 is 9.84 Å². The molecule has 0 saturated heterocycles. The summed E-state index contributed by atoms with van der Waals surface area (Å²) in [6.07, 6.45) is 11.6. The number of hydrogen-bond donors (Lipinski definition) is 1. The van der Waals surface area contributed by atoms with Gasteiger partial charge < -0.3 is 14.7 Å². The van der Waals surface area contributed by atoms with Crippen LogP contribution in [0.25, 0.3) is 5.57 Å². The van der Waals surface area contributed by atoms with Gasteiger partial charge in [0.15, 0.2) is 0 Å². The Morgan fingerprint density at radius 2 is 1.47 bits per heavy atom. The van der Waals surface area contributed by atoms with E-state index in [1.165, 1.54) is 17.1 Å². The van der Waals surface area contributed by atoms with Crippen molar-refractivity contribution in [1.29, 1.82) is 0 Å². The zero-order valence-electron chi connectivity index (χ0n) is 18.3. The summed E-state index contributed by atoms with van der Waals surface area (Å²) in [5.41, 5.74) is 4.74. The molecule has 157 valence electrons. The average molecular weight is 403 g/mol. The molecule has 1 aliphatic carbocycles. The monoisotopic (exact) mass is 402 g/mol. The molecule has 3 nitrogen and oxygen atoms in total. The second-order valence-corrected chi connectivity index (χ2v) is 7.81. The van der Waals surface area contributed by atoms with E-state index in [4.69, 9.17) is 4.74 Å². The highest BCUT2D eigenvalue weighted by Gasteiger charge is 2.24. The first-order valence-electron chi connectivity index (χ1n) is 10.7. The summed E-state index contributed by atoms with van der Waals surface area (Å²) in [6, 6.07) is 15.8. The van der Waals surface area contributed by atoms with Crippen molar-refractivity contribution in [3.63, 3.8) is 0 Å². The van der Waals surface area contributed by atoms with E-state index < -0.39 is 0 Å². The molecule has 1 fully saturated rings. The fourth-order valence-electron chi connectivity index (χ4n) is 3.68. The third kappa shape index (κ3) is 6.12. The molecule has 3 heteroatoms. The van der Waals surface area contributed by atoms with E-state index in [9.17, 15) is 5.11 Å². The van der Waals surface area contributed by atoms with Gasteiger partial charge in [-0.05, 0) is 107 Å². The van der Waals surface area contributed by atoms with Gasteiger partial charge >= 0.3 is 0 Å². The van der Waals surface area contributed by atoms with Gasteiger partial charge in [0.05, 0.1) is 6.61 Å². The summed E-state index contributed by atoms with van der Waals surface area (Å²) in [7, 11) is 4.19. The van der Waals surface area contributed by atoms with Crippen LogP contribution in [0.15, 0.2) is 54.1 Å². The Kier molecular flexibility index (Phi) is 8.39. The van der Waals surface area contributed by atoms with Gasteiger partial charge in [0.1, 0.15) is 11.5 Å². The molecule has 1 aliphatic rings. The van der Waals surface area contributed by atoms with E-state index in [0.29, 0.717) is 0 Å². The molecule has 0 unspecified atom stereocenters. The van der Waals surface area contributed by atoms with Crippen molar-refractivity contribution >= 4 is 5.57 Å². The third-order valence-corrected chi connectivity index (χ3v) is 5.23. The highest BCUT2D eigenvalue weighted by molar-refractivity contribution is 5.85. The maximum atomic E-state index is 9.74. The van der Waals surface area contributed by atoms with Gasteiger partial charge in [-0.25, -0.2) is 0 Å². The minimum absolute atomic E-state index is 0.280. The van der Waals surface area contributed by atoms with E-state index in [-0.39, 0.29) is 5.75 Å².